The SMILES string of the molecule is CCC1CCCCN1CC(C)(C)C(C)=O. The minimum absolute atomic E-state index is 0.176. The van der Waals surface area contributed by atoms with Crippen LogP contribution in [0.25, 0.3) is 0 Å². The molecular weight excluding hydrogens is 186 g/mol. The number of piperidine rings is 1. The van der Waals surface area contributed by atoms with Gasteiger partial charge in [-0.1, -0.05) is 27.2 Å². The first-order valence-corrected chi connectivity index (χ1v) is 6.22. The molecule has 2 heteroatoms. The lowest BCUT2D eigenvalue weighted by molar-refractivity contribution is -0.126. The van der Waals surface area contributed by atoms with E-state index in [1.54, 1.807) is 6.92 Å². The normalized spacial score (nSPS) is 24.1. The summed E-state index contributed by atoms with van der Waals surface area (Å²) in [5.74, 6) is 0.308. The summed E-state index contributed by atoms with van der Waals surface area (Å²) >= 11 is 0. The van der Waals surface area contributed by atoms with Crippen LogP contribution >= 0.6 is 0 Å². The predicted octanol–water partition coefficient (Wildman–Crippen LogP) is 2.87. The molecule has 0 radical (unpaired) electrons. The van der Waals surface area contributed by atoms with Crippen molar-refractivity contribution < 1.29 is 4.79 Å². The molecule has 0 bridgehead atoms. The number of nitrogens with zero attached hydrogens (tertiary/aromatic N) is 1. The maximum atomic E-state index is 11.5. The largest absolute Gasteiger partial charge is 0.299 e. The summed E-state index contributed by atoms with van der Waals surface area (Å²) < 4.78 is 0. The molecule has 0 aromatic heterocycles. The van der Waals surface area contributed by atoms with Crippen LogP contribution in [-0.4, -0.2) is 29.8 Å². The van der Waals surface area contributed by atoms with Crippen molar-refractivity contribution in [2.75, 3.05) is 13.1 Å². The molecule has 88 valence electrons. The highest BCUT2D eigenvalue weighted by Crippen LogP contribution is 2.25. The number of rotatable bonds is 4. The Morgan fingerprint density at radius 1 is 1.40 bits per heavy atom. The van der Waals surface area contributed by atoms with Gasteiger partial charge in [-0.3, -0.25) is 9.69 Å². The number of hydrogen-bond donors (Lipinski definition) is 0. The second-order valence-corrected chi connectivity index (χ2v) is 5.47. The maximum Gasteiger partial charge on any atom is 0.136 e. The molecule has 0 aliphatic carbocycles. The van der Waals surface area contributed by atoms with Crippen LogP contribution in [0.5, 0.6) is 0 Å². The predicted molar refractivity (Wildman–Crippen MR) is 64.0 cm³/mol. The van der Waals surface area contributed by atoms with E-state index in [4.69, 9.17) is 0 Å². The minimum atomic E-state index is -0.176. The minimum Gasteiger partial charge on any atom is -0.299 e. The van der Waals surface area contributed by atoms with E-state index in [1.165, 1.54) is 32.2 Å². The fraction of sp³-hybridized carbons (Fsp3) is 0.923. The third kappa shape index (κ3) is 3.30. The fourth-order valence-corrected chi connectivity index (χ4v) is 2.35. The molecule has 0 saturated carbocycles. The van der Waals surface area contributed by atoms with Crippen molar-refractivity contribution in [1.82, 2.24) is 4.90 Å². The van der Waals surface area contributed by atoms with Gasteiger partial charge in [0.1, 0.15) is 5.78 Å². The number of hydrogen-bond acceptors (Lipinski definition) is 2. The van der Waals surface area contributed by atoms with Crippen molar-refractivity contribution in [3.63, 3.8) is 0 Å². The van der Waals surface area contributed by atoms with Crippen molar-refractivity contribution in [1.29, 1.82) is 0 Å². The molecule has 1 aliphatic rings. The van der Waals surface area contributed by atoms with Gasteiger partial charge in [0.2, 0.25) is 0 Å². The Kier molecular flexibility index (Phi) is 4.32. The summed E-state index contributed by atoms with van der Waals surface area (Å²) in [6, 6.07) is 0.706. The van der Waals surface area contributed by atoms with E-state index in [0.717, 1.165) is 6.54 Å². The molecule has 0 amide bonds. The first-order valence-electron chi connectivity index (χ1n) is 6.22. The quantitative estimate of drug-likeness (QED) is 0.712. The Hall–Kier alpha value is -0.370. The fourth-order valence-electron chi connectivity index (χ4n) is 2.35. The van der Waals surface area contributed by atoms with E-state index < -0.39 is 0 Å². The van der Waals surface area contributed by atoms with E-state index in [2.05, 4.69) is 25.7 Å². The molecule has 0 spiro atoms. The van der Waals surface area contributed by atoms with E-state index in [-0.39, 0.29) is 5.41 Å². The molecule has 0 aromatic rings. The van der Waals surface area contributed by atoms with Crippen LogP contribution in [0, 0.1) is 5.41 Å². The van der Waals surface area contributed by atoms with Gasteiger partial charge in [0.05, 0.1) is 0 Å². The van der Waals surface area contributed by atoms with Gasteiger partial charge >= 0.3 is 0 Å². The molecule has 1 aliphatic heterocycles. The summed E-state index contributed by atoms with van der Waals surface area (Å²) in [4.78, 5) is 14.0. The number of carbonyl (C=O) groups excluding carboxylic acids is 1. The molecule has 1 fully saturated rings. The summed E-state index contributed by atoms with van der Waals surface area (Å²) in [5, 5.41) is 0. The first kappa shape index (κ1) is 12.7. The Bertz CT molecular complexity index is 223. The molecular formula is C13H25NO. The van der Waals surface area contributed by atoms with Crippen LogP contribution in [0.4, 0.5) is 0 Å². The topological polar surface area (TPSA) is 20.3 Å². The zero-order chi connectivity index (χ0) is 11.5. The van der Waals surface area contributed by atoms with E-state index in [1.807, 2.05) is 0 Å². The lowest BCUT2D eigenvalue weighted by atomic mass is 9.86. The molecule has 1 rings (SSSR count). The zero-order valence-electron chi connectivity index (χ0n) is 10.7. The number of ketones is 1. The van der Waals surface area contributed by atoms with Crippen LogP contribution in [0.15, 0.2) is 0 Å². The number of Topliss-reactive ketones (excluding diaryl/α,β-unsaturated/α-hetero) is 1. The van der Waals surface area contributed by atoms with Gasteiger partial charge in [-0.2, -0.15) is 0 Å². The Morgan fingerprint density at radius 2 is 2.07 bits per heavy atom. The third-order valence-corrected chi connectivity index (χ3v) is 3.77. The number of carbonyl (C=O) groups is 1. The van der Waals surface area contributed by atoms with Crippen molar-refractivity contribution in [3.8, 4) is 0 Å². The smallest absolute Gasteiger partial charge is 0.136 e. The van der Waals surface area contributed by atoms with Crippen molar-refractivity contribution in [3.05, 3.63) is 0 Å². The summed E-state index contributed by atoms with van der Waals surface area (Å²) in [5.41, 5.74) is -0.176. The Morgan fingerprint density at radius 3 is 2.60 bits per heavy atom. The standard InChI is InChI=1S/C13H25NO/c1-5-12-8-6-7-9-14(12)10-13(3,4)11(2)15/h12H,5-10H2,1-4H3. The van der Waals surface area contributed by atoms with Gasteiger partial charge in [-0.05, 0) is 32.7 Å². The van der Waals surface area contributed by atoms with Gasteiger partial charge in [0, 0.05) is 18.0 Å². The number of likely N-dealkylation sites (tertiary alicyclic amines) is 1. The van der Waals surface area contributed by atoms with Crippen LogP contribution in [0.1, 0.15) is 53.4 Å². The van der Waals surface area contributed by atoms with Crippen LogP contribution in [0.3, 0.4) is 0 Å². The van der Waals surface area contributed by atoms with Gasteiger partial charge in [-0.25, -0.2) is 0 Å². The van der Waals surface area contributed by atoms with Crippen LogP contribution in [-0.2, 0) is 4.79 Å². The summed E-state index contributed by atoms with van der Waals surface area (Å²) in [7, 11) is 0. The Balaban J connectivity index is 2.58. The summed E-state index contributed by atoms with van der Waals surface area (Å²) in [6.45, 7) is 10.2. The van der Waals surface area contributed by atoms with Gasteiger partial charge < -0.3 is 0 Å². The maximum absolute atomic E-state index is 11.5. The highest BCUT2D eigenvalue weighted by molar-refractivity contribution is 5.81. The van der Waals surface area contributed by atoms with E-state index >= 15 is 0 Å². The first-order chi connectivity index (χ1) is 6.97. The third-order valence-electron chi connectivity index (χ3n) is 3.77. The lowest BCUT2D eigenvalue weighted by Crippen LogP contribution is -2.46. The van der Waals surface area contributed by atoms with Gasteiger partial charge in [0.25, 0.3) is 0 Å². The molecule has 1 unspecified atom stereocenters. The molecule has 1 saturated heterocycles. The molecule has 2 nitrogen and oxygen atoms in total. The molecule has 0 aromatic carbocycles. The molecule has 15 heavy (non-hydrogen) atoms. The van der Waals surface area contributed by atoms with Crippen molar-refractivity contribution in [2.45, 2.75) is 59.4 Å². The van der Waals surface area contributed by atoms with E-state index in [9.17, 15) is 4.79 Å². The second-order valence-electron chi connectivity index (χ2n) is 5.47. The second kappa shape index (κ2) is 5.11. The molecule has 1 atom stereocenters. The van der Waals surface area contributed by atoms with Crippen LogP contribution in [0.2, 0.25) is 0 Å². The molecule has 0 N–H and O–H groups in total. The van der Waals surface area contributed by atoms with Gasteiger partial charge in [-0.15, -0.1) is 0 Å². The van der Waals surface area contributed by atoms with Crippen molar-refractivity contribution in [2.24, 2.45) is 5.41 Å². The highest BCUT2D eigenvalue weighted by Gasteiger charge is 2.30. The van der Waals surface area contributed by atoms with Gasteiger partial charge in [0.15, 0.2) is 0 Å². The Labute approximate surface area is 94.0 Å². The molecule has 1 heterocycles. The summed E-state index contributed by atoms with van der Waals surface area (Å²) in [6.07, 6.45) is 5.18. The zero-order valence-corrected chi connectivity index (χ0v) is 10.7. The monoisotopic (exact) mass is 211 g/mol. The highest BCUT2D eigenvalue weighted by atomic mass is 16.1. The lowest BCUT2D eigenvalue weighted by Gasteiger charge is -2.39. The van der Waals surface area contributed by atoms with Crippen LogP contribution < -0.4 is 0 Å². The average Bonchev–Trinajstić information content (AvgIpc) is 2.18. The van der Waals surface area contributed by atoms with E-state index in [0.29, 0.717) is 11.8 Å². The van der Waals surface area contributed by atoms with Crippen molar-refractivity contribution >= 4 is 5.78 Å². The average molecular weight is 211 g/mol.